The Bertz CT molecular complexity index is 1040. The number of aryl methyl sites for hydroxylation is 1. The average Bonchev–Trinajstić information content (AvgIpc) is 3.26. The Kier molecular flexibility index (Phi) is 6.14. The van der Waals surface area contributed by atoms with Crippen molar-refractivity contribution >= 4 is 39.6 Å². The molecule has 9 heteroatoms. The highest BCUT2D eigenvalue weighted by molar-refractivity contribution is 14.1. The maximum atomic E-state index is 13.8. The lowest BCUT2D eigenvalue weighted by molar-refractivity contribution is 0.356. The minimum atomic E-state index is -0.823. The third kappa shape index (κ3) is 4.30. The lowest BCUT2D eigenvalue weighted by atomic mass is 10.1. The normalized spacial score (nSPS) is 13.1. The summed E-state index contributed by atoms with van der Waals surface area (Å²) >= 11 is 2.35. The maximum Gasteiger partial charge on any atom is 0.312 e. The van der Waals surface area contributed by atoms with E-state index in [0.717, 1.165) is 56.1 Å². The second kappa shape index (κ2) is 8.78. The number of nitrogens with two attached hydrogens (primary N) is 1. The molecule has 1 aromatic carbocycles. The van der Waals surface area contributed by atoms with Crippen molar-refractivity contribution in [2.24, 2.45) is 0 Å². The van der Waals surface area contributed by atoms with Gasteiger partial charge in [0.1, 0.15) is 11.6 Å². The minimum absolute atomic E-state index is 0.0760. The van der Waals surface area contributed by atoms with Gasteiger partial charge in [-0.15, -0.1) is 0 Å². The molecule has 3 aromatic rings. The number of hydrogen-bond acceptors (Lipinski definition) is 6. The van der Waals surface area contributed by atoms with Crippen LogP contribution >= 0.6 is 22.6 Å². The van der Waals surface area contributed by atoms with Crippen LogP contribution in [0.1, 0.15) is 36.7 Å². The molecule has 4 rings (SSSR count). The number of hydrogen-bond donors (Lipinski definition) is 2. The van der Waals surface area contributed by atoms with Crippen LogP contribution in [0.2, 0.25) is 0 Å². The van der Waals surface area contributed by atoms with Crippen molar-refractivity contribution in [3.05, 3.63) is 38.7 Å². The summed E-state index contributed by atoms with van der Waals surface area (Å²) in [7, 11) is 0. The fourth-order valence-electron chi connectivity index (χ4n) is 3.65. The Morgan fingerprint density at radius 3 is 2.97 bits per heavy atom. The molecule has 1 aliphatic rings. The quantitative estimate of drug-likeness (QED) is 0.275. The number of rotatable bonds is 8. The zero-order valence-electron chi connectivity index (χ0n) is 16.3. The van der Waals surface area contributed by atoms with Crippen LogP contribution in [-0.4, -0.2) is 39.2 Å². The monoisotopic (exact) mass is 510 g/mol. The van der Waals surface area contributed by atoms with E-state index >= 15 is 0 Å². The Morgan fingerprint density at radius 1 is 1.28 bits per heavy atom. The van der Waals surface area contributed by atoms with E-state index in [1.54, 1.807) is 0 Å². The Morgan fingerprint density at radius 2 is 2.14 bits per heavy atom. The van der Waals surface area contributed by atoms with Crippen molar-refractivity contribution in [3.63, 3.8) is 0 Å². The predicted molar refractivity (Wildman–Crippen MR) is 119 cm³/mol. The summed E-state index contributed by atoms with van der Waals surface area (Å²) < 4.78 is 22.7. The van der Waals surface area contributed by atoms with Gasteiger partial charge in [0.25, 0.3) is 0 Å². The summed E-state index contributed by atoms with van der Waals surface area (Å²) in [5.74, 6) is 1.83. The SMILES string of the molecule is CCNCCCCn1c(Cc2cc3c(cc2I)CCO3)nc2c(N)nc(F)nc21. The summed E-state index contributed by atoms with van der Waals surface area (Å²) in [5, 5.41) is 3.32. The molecule has 3 heterocycles. The zero-order valence-corrected chi connectivity index (χ0v) is 18.5. The van der Waals surface area contributed by atoms with Crippen LogP contribution in [-0.2, 0) is 19.4 Å². The van der Waals surface area contributed by atoms with E-state index in [0.29, 0.717) is 24.1 Å². The summed E-state index contributed by atoms with van der Waals surface area (Å²) in [6, 6.07) is 4.27. The first-order valence-corrected chi connectivity index (χ1v) is 11.0. The molecule has 0 fully saturated rings. The molecule has 0 radical (unpaired) electrons. The van der Waals surface area contributed by atoms with Crippen molar-refractivity contribution in [2.75, 3.05) is 25.4 Å². The third-order valence-electron chi connectivity index (χ3n) is 5.12. The van der Waals surface area contributed by atoms with Crippen LogP contribution in [0.4, 0.5) is 10.2 Å². The number of ether oxygens (including phenoxy) is 1. The number of aromatic nitrogens is 4. The molecule has 0 aliphatic carbocycles. The van der Waals surface area contributed by atoms with Crippen LogP contribution in [0.5, 0.6) is 5.75 Å². The van der Waals surface area contributed by atoms with E-state index in [1.807, 2.05) is 4.57 Å². The zero-order chi connectivity index (χ0) is 20.4. The highest BCUT2D eigenvalue weighted by Gasteiger charge is 2.20. The maximum absolute atomic E-state index is 13.8. The smallest absolute Gasteiger partial charge is 0.312 e. The van der Waals surface area contributed by atoms with Gasteiger partial charge >= 0.3 is 6.08 Å². The Labute approximate surface area is 182 Å². The van der Waals surface area contributed by atoms with Crippen molar-refractivity contribution in [1.29, 1.82) is 0 Å². The van der Waals surface area contributed by atoms with Gasteiger partial charge in [-0.3, -0.25) is 0 Å². The Balaban J connectivity index is 1.67. The first-order valence-electron chi connectivity index (χ1n) is 9.89. The van der Waals surface area contributed by atoms with Gasteiger partial charge in [0, 0.05) is 23.0 Å². The van der Waals surface area contributed by atoms with Gasteiger partial charge in [-0.25, -0.2) is 4.98 Å². The molecule has 0 atom stereocenters. The molecule has 29 heavy (non-hydrogen) atoms. The van der Waals surface area contributed by atoms with Crippen molar-refractivity contribution < 1.29 is 9.13 Å². The second-order valence-electron chi connectivity index (χ2n) is 7.12. The number of halogens is 2. The number of nitrogens with one attached hydrogen (secondary N) is 1. The van der Waals surface area contributed by atoms with E-state index < -0.39 is 6.08 Å². The standard InChI is InChI=1S/C20H24FIN6O/c1-2-24-6-3-4-7-28-16(25-17-18(23)26-20(21)27-19(17)28)11-13-10-15-12(5-8-29-15)9-14(13)22/h9-10,24H,2-8,11H2,1H3,(H2,23,26,27). The summed E-state index contributed by atoms with van der Waals surface area (Å²) in [4.78, 5) is 12.3. The van der Waals surface area contributed by atoms with Crippen LogP contribution in [0, 0.1) is 9.65 Å². The van der Waals surface area contributed by atoms with E-state index in [1.165, 1.54) is 9.13 Å². The average molecular weight is 510 g/mol. The largest absolute Gasteiger partial charge is 0.493 e. The van der Waals surface area contributed by atoms with Gasteiger partial charge in [-0.1, -0.05) is 6.92 Å². The molecular weight excluding hydrogens is 486 g/mol. The van der Waals surface area contributed by atoms with Crippen LogP contribution < -0.4 is 15.8 Å². The van der Waals surface area contributed by atoms with E-state index in [2.05, 4.69) is 61.9 Å². The van der Waals surface area contributed by atoms with E-state index in [4.69, 9.17) is 10.5 Å². The van der Waals surface area contributed by atoms with Gasteiger partial charge in [0.05, 0.1) is 6.61 Å². The summed E-state index contributed by atoms with van der Waals surface area (Å²) in [6.45, 7) is 5.42. The number of nitrogen functional groups attached to an aromatic ring is 1. The lowest BCUT2D eigenvalue weighted by Crippen LogP contribution is -2.15. The van der Waals surface area contributed by atoms with Gasteiger partial charge in [0.2, 0.25) is 0 Å². The second-order valence-corrected chi connectivity index (χ2v) is 8.28. The van der Waals surface area contributed by atoms with Crippen LogP contribution in [0.3, 0.4) is 0 Å². The fourth-order valence-corrected chi connectivity index (χ4v) is 4.37. The third-order valence-corrected chi connectivity index (χ3v) is 6.12. The molecular formula is C20H24FIN6O. The number of anilines is 1. The molecule has 3 N–H and O–H groups in total. The number of fused-ring (bicyclic) bond motifs is 2. The van der Waals surface area contributed by atoms with Crippen LogP contribution in [0.15, 0.2) is 12.1 Å². The highest BCUT2D eigenvalue weighted by atomic mass is 127. The fraction of sp³-hybridized carbons (Fsp3) is 0.450. The van der Waals surface area contributed by atoms with Crippen molar-refractivity contribution in [2.45, 2.75) is 39.2 Å². The minimum Gasteiger partial charge on any atom is -0.493 e. The van der Waals surface area contributed by atoms with E-state index in [9.17, 15) is 4.39 Å². The molecule has 0 spiro atoms. The molecule has 0 saturated heterocycles. The number of imidazole rings is 1. The van der Waals surface area contributed by atoms with Gasteiger partial charge in [-0.05, 0) is 71.8 Å². The number of nitrogens with zero attached hydrogens (tertiary/aromatic N) is 4. The van der Waals surface area contributed by atoms with Crippen LogP contribution in [0.25, 0.3) is 11.2 Å². The topological polar surface area (TPSA) is 90.9 Å². The molecule has 1 aliphatic heterocycles. The molecule has 0 unspecified atom stereocenters. The van der Waals surface area contributed by atoms with Crippen molar-refractivity contribution in [1.82, 2.24) is 24.8 Å². The first-order chi connectivity index (χ1) is 14.1. The summed E-state index contributed by atoms with van der Waals surface area (Å²) in [5.41, 5.74) is 9.22. The van der Waals surface area contributed by atoms with Gasteiger partial charge in [-0.2, -0.15) is 14.4 Å². The molecule has 7 nitrogen and oxygen atoms in total. The summed E-state index contributed by atoms with van der Waals surface area (Å²) in [6.07, 6.45) is 2.67. The predicted octanol–water partition coefficient (Wildman–Crippen LogP) is 3.07. The van der Waals surface area contributed by atoms with Crippen molar-refractivity contribution in [3.8, 4) is 5.75 Å². The number of benzene rings is 1. The van der Waals surface area contributed by atoms with Gasteiger partial charge in [0.15, 0.2) is 17.0 Å². The molecule has 0 saturated carbocycles. The van der Waals surface area contributed by atoms with Gasteiger partial charge < -0.3 is 20.4 Å². The first kappa shape index (κ1) is 20.3. The lowest BCUT2D eigenvalue weighted by Gasteiger charge is -2.11. The molecule has 2 aromatic heterocycles. The number of unbranched alkanes of at least 4 members (excludes halogenated alkanes) is 1. The molecule has 0 bridgehead atoms. The molecule has 154 valence electrons. The van der Waals surface area contributed by atoms with E-state index in [-0.39, 0.29) is 5.82 Å². The molecule has 0 amide bonds. The highest BCUT2D eigenvalue weighted by Crippen LogP contribution is 2.31. The Hall–Kier alpha value is -2.01.